The first-order valence-electron chi connectivity index (χ1n) is 3.76. The number of hydrogen-bond donors (Lipinski definition) is 1. The van der Waals surface area contributed by atoms with E-state index in [1.54, 1.807) is 0 Å². The van der Waals surface area contributed by atoms with Gasteiger partial charge in [0.05, 0.1) is 0 Å². The van der Waals surface area contributed by atoms with Crippen LogP contribution in [0.3, 0.4) is 0 Å². The van der Waals surface area contributed by atoms with Gasteiger partial charge in [0.15, 0.2) is 0 Å². The molecule has 1 heterocycles. The fourth-order valence-corrected chi connectivity index (χ4v) is 2.12. The minimum absolute atomic E-state index is 0.116. The van der Waals surface area contributed by atoms with Crippen molar-refractivity contribution in [3.63, 3.8) is 0 Å². The molecular weight excluding hydrogens is 136 g/mol. The SMILES string of the molecule is FC1(F)CC2CNCC2C1. The lowest BCUT2D eigenvalue weighted by atomic mass is 10.0. The maximum absolute atomic E-state index is 12.6. The number of nitrogens with one attached hydrogen (secondary N) is 1. The number of fused-ring (bicyclic) bond motifs is 1. The molecule has 0 aromatic carbocycles. The van der Waals surface area contributed by atoms with E-state index in [0.29, 0.717) is 0 Å². The van der Waals surface area contributed by atoms with Crippen LogP contribution < -0.4 is 5.32 Å². The molecule has 3 heteroatoms. The summed E-state index contributed by atoms with van der Waals surface area (Å²) in [5.41, 5.74) is 0. The molecule has 1 nitrogen and oxygen atoms in total. The Morgan fingerprint density at radius 1 is 1.10 bits per heavy atom. The molecule has 1 N–H and O–H groups in total. The molecule has 2 unspecified atom stereocenters. The predicted octanol–water partition coefficient (Wildman–Crippen LogP) is 1.25. The lowest BCUT2D eigenvalue weighted by Gasteiger charge is -2.08. The summed E-state index contributed by atoms with van der Waals surface area (Å²) in [6, 6.07) is 0. The van der Waals surface area contributed by atoms with E-state index >= 15 is 0 Å². The van der Waals surface area contributed by atoms with Gasteiger partial charge in [-0.2, -0.15) is 0 Å². The van der Waals surface area contributed by atoms with E-state index in [2.05, 4.69) is 5.32 Å². The zero-order valence-corrected chi connectivity index (χ0v) is 5.74. The van der Waals surface area contributed by atoms with Crippen LogP contribution in [0.4, 0.5) is 8.78 Å². The first-order chi connectivity index (χ1) is 4.67. The molecule has 2 aliphatic rings. The molecule has 2 atom stereocenters. The highest BCUT2D eigenvalue weighted by Crippen LogP contribution is 2.44. The van der Waals surface area contributed by atoms with Gasteiger partial charge in [-0.15, -0.1) is 0 Å². The molecule has 0 radical (unpaired) electrons. The van der Waals surface area contributed by atoms with Gasteiger partial charge in [-0.05, 0) is 24.9 Å². The van der Waals surface area contributed by atoms with Gasteiger partial charge in [0.25, 0.3) is 0 Å². The normalized spacial score (nSPS) is 43.8. The zero-order chi connectivity index (χ0) is 7.19. The third-order valence-electron chi connectivity index (χ3n) is 2.60. The van der Waals surface area contributed by atoms with Gasteiger partial charge in [0.1, 0.15) is 0 Å². The average Bonchev–Trinajstić information content (AvgIpc) is 2.20. The first-order valence-corrected chi connectivity index (χ1v) is 3.76. The smallest absolute Gasteiger partial charge is 0.248 e. The summed E-state index contributed by atoms with van der Waals surface area (Å²) < 4.78 is 25.3. The van der Waals surface area contributed by atoms with E-state index in [1.807, 2.05) is 0 Å². The summed E-state index contributed by atoms with van der Waals surface area (Å²) in [5, 5.41) is 3.13. The molecule has 10 heavy (non-hydrogen) atoms. The second-order valence-electron chi connectivity index (χ2n) is 3.44. The average molecular weight is 147 g/mol. The Balaban J connectivity index is 2.07. The molecule has 1 aliphatic carbocycles. The van der Waals surface area contributed by atoms with E-state index in [-0.39, 0.29) is 24.7 Å². The molecule has 1 saturated heterocycles. The van der Waals surface area contributed by atoms with Crippen LogP contribution in [0.5, 0.6) is 0 Å². The summed E-state index contributed by atoms with van der Waals surface area (Å²) in [6.07, 6.45) is 0.231. The van der Waals surface area contributed by atoms with Crippen molar-refractivity contribution < 1.29 is 8.78 Å². The molecule has 0 aromatic heterocycles. The number of alkyl halides is 2. The lowest BCUT2D eigenvalue weighted by Crippen LogP contribution is -2.17. The van der Waals surface area contributed by atoms with Gasteiger partial charge in [-0.1, -0.05) is 0 Å². The molecule has 2 rings (SSSR count). The highest BCUT2D eigenvalue weighted by molar-refractivity contribution is 4.94. The van der Waals surface area contributed by atoms with Crippen LogP contribution in [0, 0.1) is 11.8 Å². The van der Waals surface area contributed by atoms with Crippen LogP contribution in [0.1, 0.15) is 12.8 Å². The maximum atomic E-state index is 12.6. The number of halogens is 2. The van der Waals surface area contributed by atoms with E-state index in [9.17, 15) is 8.78 Å². The van der Waals surface area contributed by atoms with Crippen molar-refractivity contribution in [1.82, 2.24) is 5.32 Å². The Kier molecular flexibility index (Phi) is 1.24. The van der Waals surface area contributed by atoms with Crippen LogP contribution in [0.2, 0.25) is 0 Å². The van der Waals surface area contributed by atoms with Crippen LogP contribution in [0.25, 0.3) is 0 Å². The Morgan fingerprint density at radius 3 is 2.10 bits per heavy atom. The Hall–Kier alpha value is -0.180. The van der Waals surface area contributed by atoms with Gasteiger partial charge < -0.3 is 5.32 Å². The van der Waals surface area contributed by atoms with Gasteiger partial charge in [-0.25, -0.2) is 8.78 Å². The fraction of sp³-hybridized carbons (Fsp3) is 1.00. The summed E-state index contributed by atoms with van der Waals surface area (Å²) in [5.74, 6) is -1.83. The molecule has 1 aliphatic heterocycles. The minimum Gasteiger partial charge on any atom is -0.316 e. The van der Waals surface area contributed by atoms with Gasteiger partial charge in [-0.3, -0.25) is 0 Å². The highest BCUT2D eigenvalue weighted by atomic mass is 19.3. The van der Waals surface area contributed by atoms with Crippen molar-refractivity contribution in [3.05, 3.63) is 0 Å². The zero-order valence-electron chi connectivity index (χ0n) is 5.74. The lowest BCUT2D eigenvalue weighted by molar-refractivity contribution is 0.00112. The number of hydrogen-bond acceptors (Lipinski definition) is 1. The monoisotopic (exact) mass is 147 g/mol. The molecule has 0 aromatic rings. The highest BCUT2D eigenvalue weighted by Gasteiger charge is 2.47. The molecule has 58 valence electrons. The second-order valence-corrected chi connectivity index (χ2v) is 3.44. The van der Waals surface area contributed by atoms with Crippen LogP contribution in [-0.2, 0) is 0 Å². The van der Waals surface area contributed by atoms with Crippen molar-refractivity contribution in [2.24, 2.45) is 11.8 Å². The van der Waals surface area contributed by atoms with E-state index < -0.39 is 5.92 Å². The summed E-state index contributed by atoms with van der Waals surface area (Å²) >= 11 is 0. The standard InChI is InChI=1S/C7H11F2N/c8-7(9)1-5-3-10-4-6(5)2-7/h5-6,10H,1-4H2. The topological polar surface area (TPSA) is 12.0 Å². The molecule has 0 spiro atoms. The first kappa shape index (κ1) is 6.53. The molecular formula is C7H11F2N. The maximum Gasteiger partial charge on any atom is 0.248 e. The van der Waals surface area contributed by atoms with Crippen LogP contribution >= 0.6 is 0 Å². The van der Waals surface area contributed by atoms with Crippen molar-refractivity contribution in [2.45, 2.75) is 18.8 Å². The third-order valence-corrected chi connectivity index (χ3v) is 2.60. The summed E-state index contributed by atoms with van der Waals surface area (Å²) in [7, 11) is 0. The summed E-state index contributed by atoms with van der Waals surface area (Å²) in [4.78, 5) is 0. The summed E-state index contributed by atoms with van der Waals surface area (Å²) in [6.45, 7) is 1.61. The number of rotatable bonds is 0. The molecule has 1 saturated carbocycles. The van der Waals surface area contributed by atoms with Crippen molar-refractivity contribution in [3.8, 4) is 0 Å². The second kappa shape index (κ2) is 1.91. The van der Waals surface area contributed by atoms with Crippen LogP contribution in [0.15, 0.2) is 0 Å². The fourth-order valence-electron chi connectivity index (χ4n) is 2.12. The minimum atomic E-state index is -2.35. The van der Waals surface area contributed by atoms with Gasteiger partial charge in [0.2, 0.25) is 5.92 Å². The van der Waals surface area contributed by atoms with Crippen molar-refractivity contribution >= 4 is 0 Å². The quantitative estimate of drug-likeness (QED) is 0.543. The molecule has 0 bridgehead atoms. The third kappa shape index (κ3) is 0.926. The largest absolute Gasteiger partial charge is 0.316 e. The Bertz CT molecular complexity index is 133. The van der Waals surface area contributed by atoms with E-state index in [0.717, 1.165) is 13.1 Å². The van der Waals surface area contributed by atoms with Crippen LogP contribution in [-0.4, -0.2) is 19.0 Å². The predicted molar refractivity (Wildman–Crippen MR) is 34.0 cm³/mol. The van der Waals surface area contributed by atoms with E-state index in [4.69, 9.17) is 0 Å². The Morgan fingerprint density at radius 2 is 1.60 bits per heavy atom. The van der Waals surface area contributed by atoms with Gasteiger partial charge >= 0.3 is 0 Å². The van der Waals surface area contributed by atoms with Crippen molar-refractivity contribution in [1.29, 1.82) is 0 Å². The molecule has 0 amide bonds. The Labute approximate surface area is 58.8 Å². The van der Waals surface area contributed by atoms with E-state index in [1.165, 1.54) is 0 Å². The van der Waals surface area contributed by atoms with Gasteiger partial charge in [0, 0.05) is 12.8 Å². The molecule has 2 fully saturated rings. The van der Waals surface area contributed by atoms with Crippen molar-refractivity contribution in [2.75, 3.05) is 13.1 Å².